The summed E-state index contributed by atoms with van der Waals surface area (Å²) in [6, 6.07) is 1.77. The maximum absolute atomic E-state index is 12.2. The van der Waals surface area contributed by atoms with Crippen molar-refractivity contribution in [2.24, 2.45) is 7.05 Å². The third kappa shape index (κ3) is 2.34. The van der Waals surface area contributed by atoms with Crippen molar-refractivity contribution in [1.29, 1.82) is 0 Å². The van der Waals surface area contributed by atoms with E-state index >= 15 is 0 Å². The third-order valence-corrected chi connectivity index (χ3v) is 3.80. The average Bonchev–Trinajstić information content (AvgIpc) is 2.76. The SMILES string of the molecule is CNC1(C)CCN(C(=O)c2ccnn2C)CC1. The second-order valence-corrected chi connectivity index (χ2v) is 4.94. The molecule has 1 aromatic heterocycles. The van der Waals surface area contributed by atoms with Crippen LogP contribution < -0.4 is 5.32 Å². The summed E-state index contributed by atoms with van der Waals surface area (Å²) in [6.07, 6.45) is 3.65. The number of aryl methyl sites for hydroxylation is 1. The van der Waals surface area contributed by atoms with E-state index in [0.717, 1.165) is 25.9 Å². The zero-order chi connectivity index (χ0) is 12.5. The number of aromatic nitrogens is 2. The van der Waals surface area contributed by atoms with Gasteiger partial charge in [-0.2, -0.15) is 5.10 Å². The molecule has 0 atom stereocenters. The van der Waals surface area contributed by atoms with Crippen molar-refractivity contribution in [3.05, 3.63) is 18.0 Å². The lowest BCUT2D eigenvalue weighted by molar-refractivity contribution is 0.0651. The quantitative estimate of drug-likeness (QED) is 0.819. The molecule has 1 aliphatic heterocycles. The summed E-state index contributed by atoms with van der Waals surface area (Å²) in [7, 11) is 3.79. The van der Waals surface area contributed by atoms with E-state index in [4.69, 9.17) is 0 Å². The molecule has 2 rings (SSSR count). The Balaban J connectivity index is 2.02. The number of carbonyl (C=O) groups is 1. The van der Waals surface area contributed by atoms with Crippen molar-refractivity contribution < 1.29 is 4.79 Å². The maximum Gasteiger partial charge on any atom is 0.272 e. The van der Waals surface area contributed by atoms with Crippen LogP contribution in [-0.4, -0.2) is 46.3 Å². The van der Waals surface area contributed by atoms with Gasteiger partial charge in [-0.05, 0) is 32.9 Å². The molecule has 5 nitrogen and oxygen atoms in total. The zero-order valence-corrected chi connectivity index (χ0v) is 10.7. The van der Waals surface area contributed by atoms with E-state index in [1.807, 2.05) is 11.9 Å². The van der Waals surface area contributed by atoms with Crippen LogP contribution in [0.3, 0.4) is 0 Å². The van der Waals surface area contributed by atoms with Crippen molar-refractivity contribution in [2.45, 2.75) is 25.3 Å². The Morgan fingerprint density at radius 3 is 2.59 bits per heavy atom. The second-order valence-electron chi connectivity index (χ2n) is 4.94. The molecule has 1 saturated heterocycles. The van der Waals surface area contributed by atoms with Crippen molar-refractivity contribution in [1.82, 2.24) is 20.0 Å². The van der Waals surface area contributed by atoms with Gasteiger partial charge < -0.3 is 10.2 Å². The van der Waals surface area contributed by atoms with Crippen LogP contribution in [0.4, 0.5) is 0 Å². The minimum atomic E-state index is 0.0863. The molecule has 94 valence electrons. The first kappa shape index (κ1) is 12.1. The molecule has 1 aromatic rings. The first-order chi connectivity index (χ1) is 8.06. The number of nitrogens with one attached hydrogen (secondary N) is 1. The number of piperidine rings is 1. The van der Waals surface area contributed by atoms with Gasteiger partial charge >= 0.3 is 0 Å². The molecule has 0 aromatic carbocycles. The molecule has 0 unspecified atom stereocenters. The van der Waals surface area contributed by atoms with Crippen LogP contribution in [-0.2, 0) is 7.05 Å². The molecule has 0 saturated carbocycles. The second kappa shape index (κ2) is 4.49. The van der Waals surface area contributed by atoms with E-state index in [2.05, 4.69) is 17.3 Å². The number of nitrogens with zero attached hydrogens (tertiary/aromatic N) is 3. The Hall–Kier alpha value is -1.36. The summed E-state index contributed by atoms with van der Waals surface area (Å²) < 4.78 is 1.63. The molecule has 1 amide bonds. The molecule has 1 aliphatic rings. The molecule has 0 aliphatic carbocycles. The summed E-state index contributed by atoms with van der Waals surface area (Å²) in [5.41, 5.74) is 0.835. The van der Waals surface area contributed by atoms with Crippen molar-refractivity contribution in [3.8, 4) is 0 Å². The first-order valence-electron chi connectivity index (χ1n) is 6.02. The fourth-order valence-corrected chi connectivity index (χ4v) is 2.20. The Labute approximate surface area is 102 Å². The Morgan fingerprint density at radius 1 is 1.47 bits per heavy atom. The van der Waals surface area contributed by atoms with Gasteiger partial charge in [-0.25, -0.2) is 0 Å². The lowest BCUT2D eigenvalue weighted by atomic mass is 9.90. The lowest BCUT2D eigenvalue weighted by Gasteiger charge is -2.39. The first-order valence-corrected chi connectivity index (χ1v) is 6.02. The summed E-state index contributed by atoms with van der Waals surface area (Å²) in [6.45, 7) is 3.82. The fourth-order valence-electron chi connectivity index (χ4n) is 2.20. The zero-order valence-electron chi connectivity index (χ0n) is 10.7. The predicted molar refractivity (Wildman–Crippen MR) is 65.8 cm³/mol. The number of carbonyl (C=O) groups excluding carboxylic acids is 1. The third-order valence-electron chi connectivity index (χ3n) is 3.80. The van der Waals surface area contributed by atoms with Gasteiger partial charge in [0.25, 0.3) is 5.91 Å². The summed E-state index contributed by atoms with van der Waals surface area (Å²) in [5.74, 6) is 0.0863. The average molecular weight is 236 g/mol. The largest absolute Gasteiger partial charge is 0.337 e. The highest BCUT2D eigenvalue weighted by atomic mass is 16.2. The Bertz CT molecular complexity index is 404. The smallest absolute Gasteiger partial charge is 0.272 e. The molecule has 0 spiro atoms. The van der Waals surface area contributed by atoms with E-state index in [-0.39, 0.29) is 11.4 Å². The van der Waals surface area contributed by atoms with Crippen LogP contribution in [0.15, 0.2) is 12.3 Å². The van der Waals surface area contributed by atoms with Gasteiger partial charge in [0.05, 0.1) is 0 Å². The summed E-state index contributed by atoms with van der Waals surface area (Å²) in [4.78, 5) is 14.1. The Kier molecular flexibility index (Phi) is 3.19. The number of hydrogen-bond acceptors (Lipinski definition) is 3. The number of hydrogen-bond donors (Lipinski definition) is 1. The highest BCUT2D eigenvalue weighted by Crippen LogP contribution is 2.22. The monoisotopic (exact) mass is 236 g/mol. The van der Waals surface area contributed by atoms with Crippen LogP contribution in [0.1, 0.15) is 30.3 Å². The number of amides is 1. The molecule has 0 bridgehead atoms. The van der Waals surface area contributed by atoms with Gasteiger partial charge in [0.1, 0.15) is 5.69 Å². The molecular formula is C12H20N4O. The van der Waals surface area contributed by atoms with Crippen molar-refractivity contribution >= 4 is 5.91 Å². The van der Waals surface area contributed by atoms with Crippen LogP contribution >= 0.6 is 0 Å². The van der Waals surface area contributed by atoms with Gasteiger partial charge in [0.15, 0.2) is 0 Å². The van der Waals surface area contributed by atoms with Crippen LogP contribution in [0.25, 0.3) is 0 Å². The molecule has 1 fully saturated rings. The lowest BCUT2D eigenvalue weighted by Crippen LogP contribution is -2.51. The number of rotatable bonds is 2. The van der Waals surface area contributed by atoms with Crippen molar-refractivity contribution in [2.75, 3.05) is 20.1 Å². The van der Waals surface area contributed by atoms with E-state index in [1.165, 1.54) is 0 Å². The fraction of sp³-hybridized carbons (Fsp3) is 0.667. The van der Waals surface area contributed by atoms with E-state index in [0.29, 0.717) is 5.69 Å². The molecule has 5 heteroatoms. The minimum Gasteiger partial charge on any atom is -0.337 e. The van der Waals surface area contributed by atoms with Crippen LogP contribution in [0.2, 0.25) is 0 Å². The van der Waals surface area contributed by atoms with E-state index in [1.54, 1.807) is 24.0 Å². The standard InChI is InChI=1S/C12H20N4O/c1-12(13-2)5-8-16(9-6-12)11(17)10-4-7-14-15(10)3/h4,7,13H,5-6,8-9H2,1-3H3. The normalized spacial score (nSPS) is 19.4. The molecule has 0 radical (unpaired) electrons. The van der Waals surface area contributed by atoms with E-state index in [9.17, 15) is 4.79 Å². The Morgan fingerprint density at radius 2 is 2.12 bits per heavy atom. The maximum atomic E-state index is 12.2. The highest BCUT2D eigenvalue weighted by Gasteiger charge is 2.31. The summed E-state index contributed by atoms with van der Waals surface area (Å²) >= 11 is 0. The molecular weight excluding hydrogens is 216 g/mol. The molecule has 1 N–H and O–H groups in total. The van der Waals surface area contributed by atoms with E-state index < -0.39 is 0 Å². The molecule has 2 heterocycles. The van der Waals surface area contributed by atoms with Gasteiger partial charge in [-0.15, -0.1) is 0 Å². The summed E-state index contributed by atoms with van der Waals surface area (Å²) in [5, 5.41) is 7.36. The van der Waals surface area contributed by atoms with Crippen LogP contribution in [0, 0.1) is 0 Å². The predicted octanol–water partition coefficient (Wildman–Crippen LogP) is 0.634. The molecule has 17 heavy (non-hydrogen) atoms. The highest BCUT2D eigenvalue weighted by molar-refractivity contribution is 5.92. The van der Waals surface area contributed by atoms with Gasteiger partial charge in [0, 0.05) is 31.9 Å². The number of likely N-dealkylation sites (tertiary alicyclic amines) is 1. The van der Waals surface area contributed by atoms with Crippen molar-refractivity contribution in [3.63, 3.8) is 0 Å². The topological polar surface area (TPSA) is 50.2 Å². The van der Waals surface area contributed by atoms with Gasteiger partial charge in [0.2, 0.25) is 0 Å². The van der Waals surface area contributed by atoms with Gasteiger partial charge in [-0.1, -0.05) is 0 Å². The van der Waals surface area contributed by atoms with Crippen LogP contribution in [0.5, 0.6) is 0 Å². The minimum absolute atomic E-state index is 0.0863. The van der Waals surface area contributed by atoms with Gasteiger partial charge in [-0.3, -0.25) is 9.48 Å².